The molecule has 0 spiro atoms. The molecule has 1 aromatic rings. The van der Waals surface area contributed by atoms with Gasteiger partial charge in [0.2, 0.25) is 5.95 Å². The molecule has 16 heavy (non-hydrogen) atoms. The zero-order chi connectivity index (χ0) is 11.4. The zero-order valence-corrected chi connectivity index (χ0v) is 9.24. The summed E-state index contributed by atoms with van der Waals surface area (Å²) >= 11 is 0. The Morgan fingerprint density at radius 1 is 1.25 bits per heavy atom. The van der Waals surface area contributed by atoms with Crippen LogP contribution < -0.4 is 22.1 Å². The largest absolute Gasteiger partial charge is 0.370 e. The van der Waals surface area contributed by atoms with Gasteiger partial charge in [-0.25, -0.2) is 0 Å². The van der Waals surface area contributed by atoms with Gasteiger partial charge in [0.15, 0.2) is 0 Å². The summed E-state index contributed by atoms with van der Waals surface area (Å²) in [6, 6.07) is 1.86. The predicted octanol–water partition coefficient (Wildman–Crippen LogP) is 0.251. The summed E-state index contributed by atoms with van der Waals surface area (Å²) in [6.07, 6.45) is 2.62. The molecular weight excluding hydrogens is 204 g/mol. The van der Waals surface area contributed by atoms with Gasteiger partial charge in [-0.05, 0) is 18.8 Å². The van der Waals surface area contributed by atoms with Crippen LogP contribution in [-0.4, -0.2) is 29.6 Å². The van der Waals surface area contributed by atoms with Crippen molar-refractivity contribution < 1.29 is 0 Å². The molecule has 0 bridgehead atoms. The summed E-state index contributed by atoms with van der Waals surface area (Å²) in [5, 5.41) is 6.34. The van der Waals surface area contributed by atoms with Crippen LogP contribution in [0.2, 0.25) is 0 Å². The van der Waals surface area contributed by atoms with Gasteiger partial charge in [0.1, 0.15) is 11.6 Å². The van der Waals surface area contributed by atoms with E-state index in [1.54, 1.807) is 0 Å². The van der Waals surface area contributed by atoms with Gasteiger partial charge in [-0.3, -0.25) is 0 Å². The highest BCUT2D eigenvalue weighted by Crippen LogP contribution is 2.28. The van der Waals surface area contributed by atoms with E-state index in [9.17, 15) is 0 Å². The first-order chi connectivity index (χ1) is 7.78. The van der Waals surface area contributed by atoms with E-state index in [0.29, 0.717) is 13.1 Å². The summed E-state index contributed by atoms with van der Waals surface area (Å²) in [5.41, 5.74) is 11.0. The lowest BCUT2D eigenvalue weighted by Crippen LogP contribution is -2.15. The van der Waals surface area contributed by atoms with E-state index in [0.717, 1.165) is 24.1 Å². The molecule has 1 aromatic heterocycles. The average molecular weight is 222 g/mol. The van der Waals surface area contributed by atoms with Crippen LogP contribution in [-0.2, 0) is 0 Å². The maximum Gasteiger partial charge on any atom is 0.223 e. The van der Waals surface area contributed by atoms with Crippen LogP contribution in [0.15, 0.2) is 6.07 Å². The predicted molar refractivity (Wildman–Crippen MR) is 65.2 cm³/mol. The normalized spacial score (nSPS) is 14.8. The van der Waals surface area contributed by atoms with Crippen molar-refractivity contribution in [1.29, 1.82) is 0 Å². The minimum Gasteiger partial charge on any atom is -0.370 e. The molecule has 0 atom stereocenters. The van der Waals surface area contributed by atoms with E-state index in [4.69, 9.17) is 11.5 Å². The molecule has 6 nitrogen and oxygen atoms in total. The second-order valence-electron chi connectivity index (χ2n) is 4.04. The topological polar surface area (TPSA) is 102 Å². The molecular formula is C10H18N6. The summed E-state index contributed by atoms with van der Waals surface area (Å²) in [4.78, 5) is 8.20. The first-order valence-corrected chi connectivity index (χ1v) is 5.60. The SMILES string of the molecule is NCCNc1cc(NCC2CC2)nc(N)n1. The zero-order valence-electron chi connectivity index (χ0n) is 9.24. The van der Waals surface area contributed by atoms with Gasteiger partial charge in [-0.1, -0.05) is 0 Å². The molecule has 1 aliphatic carbocycles. The van der Waals surface area contributed by atoms with Crippen LogP contribution in [0.4, 0.5) is 17.6 Å². The quantitative estimate of drug-likeness (QED) is 0.550. The Kier molecular flexibility index (Phi) is 3.40. The molecule has 2 rings (SSSR count). The van der Waals surface area contributed by atoms with E-state index in [1.165, 1.54) is 12.8 Å². The van der Waals surface area contributed by atoms with Crippen LogP contribution in [0.5, 0.6) is 0 Å². The van der Waals surface area contributed by atoms with Gasteiger partial charge in [-0.2, -0.15) is 9.97 Å². The Labute approximate surface area is 94.8 Å². The van der Waals surface area contributed by atoms with Crippen molar-refractivity contribution in [2.75, 3.05) is 36.0 Å². The summed E-state index contributed by atoms with van der Waals surface area (Å²) in [7, 11) is 0. The van der Waals surface area contributed by atoms with Crippen molar-refractivity contribution in [1.82, 2.24) is 9.97 Å². The monoisotopic (exact) mass is 222 g/mol. The number of nitrogens with one attached hydrogen (secondary N) is 2. The highest BCUT2D eigenvalue weighted by atomic mass is 15.1. The molecule has 0 unspecified atom stereocenters. The van der Waals surface area contributed by atoms with Crippen molar-refractivity contribution in [2.45, 2.75) is 12.8 Å². The van der Waals surface area contributed by atoms with Crippen LogP contribution in [0.25, 0.3) is 0 Å². The fourth-order valence-electron chi connectivity index (χ4n) is 1.42. The van der Waals surface area contributed by atoms with E-state index >= 15 is 0 Å². The number of nitrogens with two attached hydrogens (primary N) is 2. The lowest BCUT2D eigenvalue weighted by atomic mass is 10.4. The van der Waals surface area contributed by atoms with Gasteiger partial charge < -0.3 is 22.1 Å². The molecule has 1 heterocycles. The van der Waals surface area contributed by atoms with E-state index in [-0.39, 0.29) is 5.95 Å². The average Bonchev–Trinajstić information content (AvgIpc) is 3.07. The third kappa shape index (κ3) is 3.23. The minimum absolute atomic E-state index is 0.278. The first kappa shape index (κ1) is 10.9. The number of nitrogen functional groups attached to an aromatic ring is 1. The Morgan fingerprint density at radius 2 is 1.94 bits per heavy atom. The molecule has 1 fully saturated rings. The van der Waals surface area contributed by atoms with Crippen LogP contribution in [0.3, 0.4) is 0 Å². The second kappa shape index (κ2) is 4.98. The van der Waals surface area contributed by atoms with Crippen molar-refractivity contribution in [3.63, 3.8) is 0 Å². The van der Waals surface area contributed by atoms with Crippen LogP contribution in [0, 0.1) is 5.92 Å². The molecule has 6 heteroatoms. The summed E-state index contributed by atoms with van der Waals surface area (Å²) < 4.78 is 0. The molecule has 0 aromatic carbocycles. The third-order valence-corrected chi connectivity index (χ3v) is 2.46. The van der Waals surface area contributed by atoms with Crippen LogP contribution >= 0.6 is 0 Å². The Balaban J connectivity index is 1.96. The van der Waals surface area contributed by atoms with Crippen molar-refractivity contribution in [3.05, 3.63) is 6.07 Å². The summed E-state index contributed by atoms with van der Waals surface area (Å²) in [6.45, 7) is 2.21. The molecule has 1 aliphatic rings. The number of hydrogen-bond donors (Lipinski definition) is 4. The first-order valence-electron chi connectivity index (χ1n) is 5.60. The van der Waals surface area contributed by atoms with Crippen molar-refractivity contribution in [2.24, 2.45) is 11.7 Å². The number of anilines is 3. The van der Waals surface area contributed by atoms with Gasteiger partial charge in [0.05, 0.1) is 0 Å². The lowest BCUT2D eigenvalue weighted by molar-refractivity contribution is 0.881. The maximum absolute atomic E-state index is 5.62. The van der Waals surface area contributed by atoms with Gasteiger partial charge in [0, 0.05) is 25.7 Å². The Bertz CT molecular complexity index is 349. The lowest BCUT2D eigenvalue weighted by Gasteiger charge is -2.08. The fraction of sp³-hybridized carbons (Fsp3) is 0.600. The van der Waals surface area contributed by atoms with Gasteiger partial charge in [0.25, 0.3) is 0 Å². The minimum atomic E-state index is 0.278. The van der Waals surface area contributed by atoms with Crippen molar-refractivity contribution >= 4 is 17.6 Å². The Morgan fingerprint density at radius 3 is 2.56 bits per heavy atom. The standard InChI is InChI=1S/C10H18N6/c11-3-4-13-8-5-9(16-10(12)15-8)14-6-7-1-2-7/h5,7H,1-4,6,11H2,(H4,12,13,14,15,16). The number of aromatic nitrogens is 2. The van der Waals surface area contributed by atoms with E-state index in [1.807, 2.05) is 6.07 Å². The molecule has 1 saturated carbocycles. The van der Waals surface area contributed by atoms with Gasteiger partial charge in [-0.15, -0.1) is 0 Å². The summed E-state index contributed by atoms with van der Waals surface area (Å²) in [5.74, 6) is 2.58. The van der Waals surface area contributed by atoms with Crippen molar-refractivity contribution in [3.8, 4) is 0 Å². The number of nitrogens with zero attached hydrogens (tertiary/aromatic N) is 2. The highest BCUT2D eigenvalue weighted by Gasteiger charge is 2.20. The molecule has 6 N–H and O–H groups in total. The smallest absolute Gasteiger partial charge is 0.223 e. The molecule has 0 saturated heterocycles. The number of rotatable bonds is 6. The fourth-order valence-corrected chi connectivity index (χ4v) is 1.42. The molecule has 0 radical (unpaired) electrons. The van der Waals surface area contributed by atoms with E-state index in [2.05, 4.69) is 20.6 Å². The van der Waals surface area contributed by atoms with Crippen LogP contribution in [0.1, 0.15) is 12.8 Å². The van der Waals surface area contributed by atoms with E-state index < -0.39 is 0 Å². The highest BCUT2D eigenvalue weighted by molar-refractivity contribution is 5.51. The molecule has 0 amide bonds. The maximum atomic E-state index is 5.62. The Hall–Kier alpha value is -1.56. The van der Waals surface area contributed by atoms with Gasteiger partial charge >= 0.3 is 0 Å². The molecule has 88 valence electrons. The molecule has 0 aliphatic heterocycles. The number of hydrogen-bond acceptors (Lipinski definition) is 6. The second-order valence-corrected chi connectivity index (χ2v) is 4.04. The third-order valence-electron chi connectivity index (χ3n) is 2.46.